The van der Waals surface area contributed by atoms with Crippen molar-refractivity contribution >= 4 is 55.3 Å². The minimum absolute atomic E-state index is 0.00574. The van der Waals surface area contributed by atoms with E-state index in [0.29, 0.717) is 33.1 Å². The summed E-state index contributed by atoms with van der Waals surface area (Å²) in [6.45, 7) is 7.61. The van der Waals surface area contributed by atoms with Gasteiger partial charge in [-0.2, -0.15) is 0 Å². The number of nitrogens with one attached hydrogen (secondary N) is 1. The SMILES string of the molecule is CCC(=O)Nc1cc(N(CC)CC)ccc1N=Nc1nc2ccc([N+](=O)[O-])cc2s1. The number of anilines is 2. The summed E-state index contributed by atoms with van der Waals surface area (Å²) in [7, 11) is 0. The van der Waals surface area contributed by atoms with E-state index in [1.165, 1.54) is 23.5 Å². The van der Waals surface area contributed by atoms with E-state index in [2.05, 4.69) is 39.3 Å². The van der Waals surface area contributed by atoms with Crippen LogP contribution in [0, 0.1) is 10.1 Å². The van der Waals surface area contributed by atoms with E-state index in [1.807, 2.05) is 12.1 Å². The molecule has 0 bridgehead atoms. The van der Waals surface area contributed by atoms with Crippen molar-refractivity contribution < 1.29 is 9.72 Å². The van der Waals surface area contributed by atoms with E-state index in [4.69, 9.17) is 0 Å². The molecule has 0 spiro atoms. The maximum absolute atomic E-state index is 12.0. The highest BCUT2D eigenvalue weighted by Gasteiger charge is 2.12. The molecule has 3 rings (SSSR count). The van der Waals surface area contributed by atoms with Crippen LogP contribution in [0.5, 0.6) is 0 Å². The summed E-state index contributed by atoms with van der Waals surface area (Å²) in [4.78, 5) is 29.0. The minimum atomic E-state index is -0.444. The Kier molecular flexibility index (Phi) is 6.68. The molecular formula is C20H22N6O3S. The Bertz CT molecular complexity index is 1110. The molecule has 0 aliphatic carbocycles. The number of hydrogen-bond acceptors (Lipinski definition) is 8. The van der Waals surface area contributed by atoms with Crippen LogP contribution >= 0.6 is 11.3 Å². The number of fused-ring (bicyclic) bond motifs is 1. The monoisotopic (exact) mass is 426 g/mol. The van der Waals surface area contributed by atoms with Crippen LogP contribution in [0.3, 0.4) is 0 Å². The lowest BCUT2D eigenvalue weighted by atomic mass is 10.2. The number of azo groups is 1. The topological polar surface area (TPSA) is 113 Å². The minimum Gasteiger partial charge on any atom is -0.372 e. The maximum atomic E-state index is 12.0. The van der Waals surface area contributed by atoms with Crippen molar-refractivity contribution in [2.24, 2.45) is 10.2 Å². The zero-order chi connectivity index (χ0) is 21.7. The Labute approximate surface area is 177 Å². The van der Waals surface area contributed by atoms with Crippen LogP contribution in [0.2, 0.25) is 0 Å². The summed E-state index contributed by atoms with van der Waals surface area (Å²) in [6.07, 6.45) is 0.350. The Morgan fingerprint density at radius 1 is 1.17 bits per heavy atom. The summed E-state index contributed by atoms with van der Waals surface area (Å²) in [5, 5.41) is 22.7. The Morgan fingerprint density at radius 2 is 1.93 bits per heavy atom. The number of thiazole rings is 1. The quantitative estimate of drug-likeness (QED) is 0.277. The van der Waals surface area contributed by atoms with Crippen LogP contribution < -0.4 is 10.2 Å². The largest absolute Gasteiger partial charge is 0.372 e. The van der Waals surface area contributed by atoms with Crippen molar-refractivity contribution in [3.05, 3.63) is 46.5 Å². The van der Waals surface area contributed by atoms with E-state index in [-0.39, 0.29) is 11.6 Å². The van der Waals surface area contributed by atoms with E-state index < -0.39 is 4.92 Å². The van der Waals surface area contributed by atoms with Gasteiger partial charge in [-0.3, -0.25) is 14.9 Å². The predicted molar refractivity (Wildman–Crippen MR) is 119 cm³/mol. The summed E-state index contributed by atoms with van der Waals surface area (Å²) in [6, 6.07) is 10.1. The molecular weight excluding hydrogens is 404 g/mol. The Balaban J connectivity index is 1.93. The van der Waals surface area contributed by atoms with E-state index in [1.54, 1.807) is 19.1 Å². The highest BCUT2D eigenvalue weighted by atomic mass is 32.1. The van der Waals surface area contributed by atoms with Gasteiger partial charge in [0, 0.05) is 37.3 Å². The number of carbonyl (C=O) groups is 1. The number of nitro groups is 1. The molecule has 0 aliphatic heterocycles. The molecule has 10 heteroatoms. The van der Waals surface area contributed by atoms with Crippen LogP contribution in [0.25, 0.3) is 10.2 Å². The third-order valence-corrected chi connectivity index (χ3v) is 5.42. The molecule has 0 radical (unpaired) electrons. The summed E-state index contributed by atoms with van der Waals surface area (Å²) in [5.41, 5.74) is 2.70. The number of rotatable bonds is 8. The van der Waals surface area contributed by atoms with Crippen LogP contribution in [-0.2, 0) is 4.79 Å². The first-order chi connectivity index (χ1) is 14.4. The average Bonchev–Trinajstić information content (AvgIpc) is 3.16. The van der Waals surface area contributed by atoms with Crippen molar-refractivity contribution in [2.75, 3.05) is 23.3 Å². The zero-order valence-corrected chi connectivity index (χ0v) is 17.8. The molecule has 0 unspecified atom stereocenters. The highest BCUT2D eigenvalue weighted by molar-refractivity contribution is 7.21. The van der Waals surface area contributed by atoms with Crippen molar-refractivity contribution in [2.45, 2.75) is 27.2 Å². The van der Waals surface area contributed by atoms with Gasteiger partial charge in [-0.05, 0) is 38.1 Å². The summed E-state index contributed by atoms with van der Waals surface area (Å²) >= 11 is 1.22. The molecule has 156 valence electrons. The van der Waals surface area contributed by atoms with Gasteiger partial charge in [-0.15, -0.1) is 10.2 Å². The molecule has 0 aliphatic rings. The van der Waals surface area contributed by atoms with Gasteiger partial charge in [0.2, 0.25) is 11.0 Å². The molecule has 3 aromatic rings. The number of hydrogen-bond donors (Lipinski definition) is 1. The number of carbonyl (C=O) groups excluding carboxylic acids is 1. The lowest BCUT2D eigenvalue weighted by Crippen LogP contribution is -2.22. The number of aromatic nitrogens is 1. The third-order valence-electron chi connectivity index (χ3n) is 4.52. The molecule has 2 aromatic carbocycles. The standard InChI is InChI=1S/C20H22N6O3S/c1-4-19(27)21-17-11-13(25(5-2)6-3)7-9-15(17)23-24-20-22-16-10-8-14(26(28)29)12-18(16)30-20/h7-12H,4-6H2,1-3H3,(H,21,27). The molecule has 1 N–H and O–H groups in total. The second-order valence-corrected chi connectivity index (χ2v) is 7.39. The van der Waals surface area contributed by atoms with Gasteiger partial charge in [0.05, 0.1) is 20.8 Å². The lowest BCUT2D eigenvalue weighted by Gasteiger charge is -2.22. The first-order valence-electron chi connectivity index (χ1n) is 9.60. The van der Waals surface area contributed by atoms with Gasteiger partial charge >= 0.3 is 0 Å². The molecule has 9 nitrogen and oxygen atoms in total. The molecule has 1 amide bonds. The fraction of sp³-hybridized carbons (Fsp3) is 0.300. The van der Waals surface area contributed by atoms with Gasteiger partial charge in [-0.1, -0.05) is 18.3 Å². The number of nitrogens with zero attached hydrogens (tertiary/aromatic N) is 5. The highest BCUT2D eigenvalue weighted by Crippen LogP contribution is 2.34. The molecule has 1 aromatic heterocycles. The lowest BCUT2D eigenvalue weighted by molar-refractivity contribution is -0.384. The third kappa shape index (κ3) is 4.77. The van der Waals surface area contributed by atoms with Crippen LogP contribution in [0.1, 0.15) is 27.2 Å². The van der Waals surface area contributed by atoms with Crippen molar-refractivity contribution in [3.63, 3.8) is 0 Å². The zero-order valence-electron chi connectivity index (χ0n) is 17.0. The fourth-order valence-corrected chi connectivity index (χ4v) is 3.71. The van der Waals surface area contributed by atoms with Crippen LogP contribution in [-0.4, -0.2) is 28.9 Å². The van der Waals surface area contributed by atoms with Gasteiger partial charge in [0.15, 0.2) is 0 Å². The van der Waals surface area contributed by atoms with Gasteiger partial charge in [0.1, 0.15) is 5.69 Å². The Morgan fingerprint density at radius 3 is 2.60 bits per heavy atom. The second-order valence-electron chi connectivity index (χ2n) is 6.38. The second kappa shape index (κ2) is 9.40. The molecule has 0 saturated carbocycles. The molecule has 0 saturated heterocycles. The number of non-ortho nitro benzene ring substituents is 1. The summed E-state index contributed by atoms with van der Waals surface area (Å²) < 4.78 is 0.662. The molecule has 30 heavy (non-hydrogen) atoms. The molecule has 0 atom stereocenters. The average molecular weight is 427 g/mol. The fourth-order valence-electron chi connectivity index (χ4n) is 2.89. The first kappa shape index (κ1) is 21.3. The van der Waals surface area contributed by atoms with E-state index >= 15 is 0 Å². The molecule has 0 fully saturated rings. The number of nitro benzene ring substituents is 1. The number of amides is 1. The van der Waals surface area contributed by atoms with Crippen LogP contribution in [0.4, 0.5) is 27.9 Å². The van der Waals surface area contributed by atoms with E-state index in [9.17, 15) is 14.9 Å². The van der Waals surface area contributed by atoms with Gasteiger partial charge in [-0.25, -0.2) is 4.98 Å². The molecule has 1 heterocycles. The number of benzene rings is 2. The van der Waals surface area contributed by atoms with Crippen molar-refractivity contribution in [1.82, 2.24) is 4.98 Å². The summed E-state index contributed by atoms with van der Waals surface area (Å²) in [5.74, 6) is -0.115. The van der Waals surface area contributed by atoms with Crippen LogP contribution in [0.15, 0.2) is 46.6 Å². The first-order valence-corrected chi connectivity index (χ1v) is 10.4. The van der Waals surface area contributed by atoms with Gasteiger partial charge in [0.25, 0.3) is 5.69 Å². The normalized spacial score (nSPS) is 11.2. The Hall–Kier alpha value is -3.40. The van der Waals surface area contributed by atoms with E-state index in [0.717, 1.165) is 18.8 Å². The van der Waals surface area contributed by atoms with Crippen molar-refractivity contribution in [1.29, 1.82) is 0 Å². The predicted octanol–water partition coefficient (Wildman–Crippen LogP) is 5.81. The smallest absolute Gasteiger partial charge is 0.270 e. The maximum Gasteiger partial charge on any atom is 0.270 e. The van der Waals surface area contributed by atoms with Crippen molar-refractivity contribution in [3.8, 4) is 0 Å². The van der Waals surface area contributed by atoms with Gasteiger partial charge < -0.3 is 10.2 Å².